The predicted molar refractivity (Wildman–Crippen MR) is 92.2 cm³/mol. The van der Waals surface area contributed by atoms with E-state index >= 15 is 0 Å². The molecule has 1 amide bonds. The van der Waals surface area contributed by atoms with Crippen LogP contribution >= 0.6 is 0 Å². The number of benzene rings is 2. The number of hydrogen-bond acceptors (Lipinski definition) is 2. The van der Waals surface area contributed by atoms with E-state index in [9.17, 15) is 4.79 Å². The first-order chi connectivity index (χ1) is 10.5. The molecule has 0 saturated heterocycles. The van der Waals surface area contributed by atoms with E-state index in [0.717, 1.165) is 22.4 Å². The molecule has 0 aliphatic carbocycles. The van der Waals surface area contributed by atoms with Crippen molar-refractivity contribution < 1.29 is 4.79 Å². The first-order valence-corrected chi connectivity index (χ1v) is 7.55. The fourth-order valence-corrected chi connectivity index (χ4v) is 2.34. The molecule has 116 valence electrons. The van der Waals surface area contributed by atoms with E-state index in [1.807, 2.05) is 40.1 Å². The van der Waals surface area contributed by atoms with Crippen LogP contribution in [0.1, 0.15) is 22.3 Å². The minimum Gasteiger partial charge on any atom is -0.378 e. The number of aryl methyl sites for hydroxylation is 2. The molecule has 1 N–H and O–H groups in total. The molecule has 0 unspecified atom stereocenters. The van der Waals surface area contributed by atoms with Gasteiger partial charge in [0.15, 0.2) is 0 Å². The van der Waals surface area contributed by atoms with Crippen molar-refractivity contribution in [1.29, 1.82) is 0 Å². The topological polar surface area (TPSA) is 32.3 Å². The quantitative estimate of drug-likeness (QED) is 0.919. The largest absolute Gasteiger partial charge is 0.378 e. The normalized spacial score (nSPS) is 10.4. The molecular weight excluding hydrogens is 272 g/mol. The molecule has 0 heterocycles. The average molecular weight is 296 g/mol. The molecule has 0 atom stereocenters. The number of nitrogens with one attached hydrogen (secondary N) is 1. The number of carbonyl (C=O) groups is 1. The molecule has 0 bridgehead atoms. The first kappa shape index (κ1) is 16.1. The van der Waals surface area contributed by atoms with Crippen LogP contribution in [-0.4, -0.2) is 20.0 Å². The van der Waals surface area contributed by atoms with Gasteiger partial charge in [-0.25, -0.2) is 0 Å². The van der Waals surface area contributed by atoms with Crippen molar-refractivity contribution in [3.8, 4) is 0 Å². The van der Waals surface area contributed by atoms with Crippen LogP contribution < -0.4 is 10.2 Å². The van der Waals surface area contributed by atoms with Gasteiger partial charge >= 0.3 is 0 Å². The summed E-state index contributed by atoms with van der Waals surface area (Å²) in [5, 5.41) is 2.99. The third kappa shape index (κ3) is 4.35. The summed E-state index contributed by atoms with van der Waals surface area (Å²) in [5.41, 5.74) is 5.72. The fourth-order valence-electron chi connectivity index (χ4n) is 2.34. The summed E-state index contributed by atoms with van der Waals surface area (Å²) in [6.45, 7) is 4.66. The molecule has 0 aliphatic rings. The van der Waals surface area contributed by atoms with E-state index in [2.05, 4.69) is 40.5 Å². The molecule has 0 fully saturated rings. The lowest BCUT2D eigenvalue weighted by Crippen LogP contribution is -2.24. The van der Waals surface area contributed by atoms with Gasteiger partial charge < -0.3 is 10.2 Å². The van der Waals surface area contributed by atoms with Gasteiger partial charge in [-0.05, 0) is 42.7 Å². The van der Waals surface area contributed by atoms with Crippen molar-refractivity contribution in [2.45, 2.75) is 26.8 Å². The highest BCUT2D eigenvalue weighted by molar-refractivity contribution is 5.79. The van der Waals surface area contributed by atoms with E-state index in [0.29, 0.717) is 13.0 Å². The van der Waals surface area contributed by atoms with Gasteiger partial charge in [-0.2, -0.15) is 0 Å². The molecule has 3 nitrogen and oxygen atoms in total. The minimum absolute atomic E-state index is 0.0605. The molecule has 2 aromatic carbocycles. The number of carbonyl (C=O) groups excluding carboxylic acids is 1. The van der Waals surface area contributed by atoms with Crippen LogP contribution in [0.5, 0.6) is 0 Å². The van der Waals surface area contributed by atoms with Gasteiger partial charge in [0.1, 0.15) is 0 Å². The third-order valence-corrected chi connectivity index (χ3v) is 3.80. The molecule has 0 radical (unpaired) electrons. The second-order valence-electron chi connectivity index (χ2n) is 5.94. The Kier molecular flexibility index (Phi) is 5.21. The maximum absolute atomic E-state index is 12.1. The number of hydrogen-bond donors (Lipinski definition) is 1. The van der Waals surface area contributed by atoms with Crippen LogP contribution in [0.25, 0.3) is 0 Å². The summed E-state index contributed by atoms with van der Waals surface area (Å²) in [7, 11) is 4.03. The minimum atomic E-state index is 0.0605. The van der Waals surface area contributed by atoms with Crippen LogP contribution in [-0.2, 0) is 17.8 Å². The molecule has 0 spiro atoms. The van der Waals surface area contributed by atoms with Gasteiger partial charge in [0.2, 0.25) is 5.91 Å². The van der Waals surface area contributed by atoms with E-state index < -0.39 is 0 Å². The first-order valence-electron chi connectivity index (χ1n) is 7.55. The monoisotopic (exact) mass is 296 g/mol. The van der Waals surface area contributed by atoms with Gasteiger partial charge in [-0.15, -0.1) is 0 Å². The standard InChI is InChI=1S/C19H24N2O/c1-14-5-6-15(2)17(11-14)12-19(22)20-13-16-7-9-18(10-8-16)21(3)4/h5-11H,12-13H2,1-4H3,(H,20,22). The van der Waals surface area contributed by atoms with Gasteiger partial charge in [-0.1, -0.05) is 35.9 Å². The van der Waals surface area contributed by atoms with Crippen molar-refractivity contribution in [2.75, 3.05) is 19.0 Å². The Bertz CT molecular complexity index is 645. The van der Waals surface area contributed by atoms with Gasteiger partial charge in [0.25, 0.3) is 0 Å². The highest BCUT2D eigenvalue weighted by Crippen LogP contribution is 2.13. The molecule has 0 aromatic heterocycles. The molecular formula is C19H24N2O. The van der Waals surface area contributed by atoms with Crippen LogP contribution in [0.15, 0.2) is 42.5 Å². The van der Waals surface area contributed by atoms with Crippen molar-refractivity contribution in [3.05, 3.63) is 64.7 Å². The van der Waals surface area contributed by atoms with E-state index in [1.54, 1.807) is 0 Å². The highest BCUT2D eigenvalue weighted by Gasteiger charge is 2.06. The summed E-state index contributed by atoms with van der Waals surface area (Å²) in [4.78, 5) is 14.2. The molecule has 2 rings (SSSR count). The van der Waals surface area contributed by atoms with E-state index in [-0.39, 0.29) is 5.91 Å². The number of rotatable bonds is 5. The smallest absolute Gasteiger partial charge is 0.224 e. The van der Waals surface area contributed by atoms with E-state index in [4.69, 9.17) is 0 Å². The Morgan fingerprint density at radius 2 is 1.73 bits per heavy atom. The maximum Gasteiger partial charge on any atom is 0.224 e. The summed E-state index contributed by atoms with van der Waals surface area (Å²) in [6.07, 6.45) is 0.434. The highest BCUT2D eigenvalue weighted by atomic mass is 16.1. The lowest BCUT2D eigenvalue weighted by Gasteiger charge is -2.13. The zero-order valence-electron chi connectivity index (χ0n) is 13.8. The maximum atomic E-state index is 12.1. The van der Waals surface area contributed by atoms with Crippen molar-refractivity contribution in [2.24, 2.45) is 0 Å². The number of nitrogens with zero attached hydrogens (tertiary/aromatic N) is 1. The Labute approximate surface area is 133 Å². The summed E-state index contributed by atoms with van der Waals surface area (Å²) in [6, 6.07) is 14.4. The van der Waals surface area contributed by atoms with Gasteiger partial charge in [-0.3, -0.25) is 4.79 Å². The Morgan fingerprint density at radius 1 is 1.05 bits per heavy atom. The number of anilines is 1. The van der Waals surface area contributed by atoms with E-state index in [1.165, 1.54) is 5.56 Å². The fraction of sp³-hybridized carbons (Fsp3) is 0.316. The van der Waals surface area contributed by atoms with Crippen LogP contribution in [0.3, 0.4) is 0 Å². The summed E-state index contributed by atoms with van der Waals surface area (Å²) in [5.74, 6) is 0.0605. The number of amides is 1. The van der Waals surface area contributed by atoms with Crippen molar-refractivity contribution >= 4 is 11.6 Å². The zero-order valence-corrected chi connectivity index (χ0v) is 13.8. The SMILES string of the molecule is Cc1ccc(C)c(CC(=O)NCc2ccc(N(C)C)cc2)c1. The molecule has 22 heavy (non-hydrogen) atoms. The zero-order chi connectivity index (χ0) is 16.1. The van der Waals surface area contributed by atoms with Gasteiger partial charge in [0.05, 0.1) is 6.42 Å². The second-order valence-corrected chi connectivity index (χ2v) is 5.94. The Balaban J connectivity index is 1.91. The summed E-state index contributed by atoms with van der Waals surface area (Å²) < 4.78 is 0. The lowest BCUT2D eigenvalue weighted by molar-refractivity contribution is -0.120. The molecule has 3 heteroatoms. The Hall–Kier alpha value is -2.29. The molecule has 2 aromatic rings. The van der Waals surface area contributed by atoms with Crippen molar-refractivity contribution in [1.82, 2.24) is 5.32 Å². The van der Waals surface area contributed by atoms with Crippen LogP contribution in [0, 0.1) is 13.8 Å². The van der Waals surface area contributed by atoms with Gasteiger partial charge in [0, 0.05) is 26.3 Å². The summed E-state index contributed by atoms with van der Waals surface area (Å²) >= 11 is 0. The predicted octanol–water partition coefficient (Wildman–Crippen LogP) is 3.23. The van der Waals surface area contributed by atoms with Crippen LogP contribution in [0.4, 0.5) is 5.69 Å². The van der Waals surface area contributed by atoms with Crippen molar-refractivity contribution in [3.63, 3.8) is 0 Å². The molecule has 0 saturated carbocycles. The Morgan fingerprint density at radius 3 is 2.36 bits per heavy atom. The van der Waals surface area contributed by atoms with Crippen LogP contribution in [0.2, 0.25) is 0 Å². The lowest BCUT2D eigenvalue weighted by atomic mass is 10.0. The second kappa shape index (κ2) is 7.12. The third-order valence-electron chi connectivity index (χ3n) is 3.80. The average Bonchev–Trinajstić information content (AvgIpc) is 2.49. The molecule has 0 aliphatic heterocycles.